The van der Waals surface area contributed by atoms with Gasteiger partial charge in [0.2, 0.25) is 0 Å². The van der Waals surface area contributed by atoms with Gasteiger partial charge in [0.15, 0.2) is 0 Å². The Morgan fingerprint density at radius 1 is 1.21 bits per heavy atom. The van der Waals surface area contributed by atoms with Crippen LogP contribution >= 0.6 is 0 Å². The molecule has 1 aromatic carbocycles. The van der Waals surface area contributed by atoms with Crippen LogP contribution < -0.4 is 15.8 Å². The summed E-state index contributed by atoms with van der Waals surface area (Å²) in [6.45, 7) is 12.2. The summed E-state index contributed by atoms with van der Waals surface area (Å²) in [6, 6.07) is 2.24. The van der Waals surface area contributed by atoms with Gasteiger partial charge < -0.3 is 15.8 Å². The molecule has 1 rings (SSSR count). The predicted octanol–water partition coefficient (Wildman–Crippen LogP) is 2.49. The second-order valence-corrected chi connectivity index (χ2v) is 5.91. The number of hydrogen-bond acceptors (Lipinski definition) is 3. The molecule has 0 fully saturated rings. The number of hydrogen-bond donors (Lipinski definition) is 2. The summed E-state index contributed by atoms with van der Waals surface area (Å²) in [6.07, 6.45) is 0.958. The van der Waals surface area contributed by atoms with E-state index in [1.807, 2.05) is 0 Å². The van der Waals surface area contributed by atoms with Gasteiger partial charge in [-0.2, -0.15) is 0 Å². The van der Waals surface area contributed by atoms with Gasteiger partial charge in [-0.1, -0.05) is 6.07 Å². The minimum atomic E-state index is -0.0130. The van der Waals surface area contributed by atoms with Gasteiger partial charge in [0.05, 0.1) is 7.11 Å². The van der Waals surface area contributed by atoms with E-state index < -0.39 is 0 Å². The van der Waals surface area contributed by atoms with Gasteiger partial charge in [0.1, 0.15) is 5.75 Å². The lowest BCUT2D eigenvalue weighted by atomic mass is 9.96. The predicted molar refractivity (Wildman–Crippen MR) is 82.0 cm³/mol. The second-order valence-electron chi connectivity index (χ2n) is 5.91. The summed E-state index contributed by atoms with van der Waals surface area (Å²) in [5.41, 5.74) is 10.8. The first-order chi connectivity index (χ1) is 8.82. The lowest BCUT2D eigenvalue weighted by Gasteiger charge is -2.25. The van der Waals surface area contributed by atoms with Crippen LogP contribution in [0.3, 0.4) is 0 Å². The number of aryl methyl sites for hydroxylation is 2. The van der Waals surface area contributed by atoms with Crippen molar-refractivity contribution in [1.82, 2.24) is 5.32 Å². The number of ether oxygens (including phenoxy) is 1. The van der Waals surface area contributed by atoms with Crippen molar-refractivity contribution in [3.63, 3.8) is 0 Å². The first-order valence-corrected chi connectivity index (χ1v) is 6.91. The van der Waals surface area contributed by atoms with Crippen LogP contribution in [0.25, 0.3) is 0 Å². The first kappa shape index (κ1) is 16.0. The molecule has 0 saturated carbocycles. The normalized spacial score (nSPS) is 11.7. The molecule has 0 aromatic heterocycles. The fourth-order valence-electron chi connectivity index (χ4n) is 2.29. The highest BCUT2D eigenvalue weighted by Gasteiger charge is 2.16. The summed E-state index contributed by atoms with van der Waals surface area (Å²) in [5.74, 6) is 1.03. The largest absolute Gasteiger partial charge is 0.496 e. The molecule has 3 nitrogen and oxygen atoms in total. The summed E-state index contributed by atoms with van der Waals surface area (Å²) in [7, 11) is 1.75. The molecule has 0 unspecified atom stereocenters. The van der Waals surface area contributed by atoms with Crippen LogP contribution in [0.2, 0.25) is 0 Å². The number of nitrogens with two attached hydrogens (primary N) is 1. The summed E-state index contributed by atoms with van der Waals surface area (Å²) < 4.78 is 5.59. The van der Waals surface area contributed by atoms with Crippen molar-refractivity contribution in [1.29, 1.82) is 0 Å². The average Bonchev–Trinajstić information content (AvgIpc) is 2.35. The maximum atomic E-state index is 5.73. The highest BCUT2D eigenvalue weighted by Crippen LogP contribution is 2.29. The van der Waals surface area contributed by atoms with Gasteiger partial charge >= 0.3 is 0 Å². The van der Waals surface area contributed by atoms with Crippen molar-refractivity contribution in [2.45, 2.75) is 46.6 Å². The second kappa shape index (κ2) is 6.40. The monoisotopic (exact) mass is 264 g/mol. The minimum Gasteiger partial charge on any atom is -0.496 e. The molecule has 3 N–H and O–H groups in total. The van der Waals surface area contributed by atoms with Crippen LogP contribution in [0, 0.1) is 20.8 Å². The molecular formula is C16H28N2O. The molecule has 3 heteroatoms. The maximum absolute atomic E-state index is 5.73. The lowest BCUT2D eigenvalue weighted by molar-refractivity contribution is 0.390. The van der Waals surface area contributed by atoms with E-state index in [0.29, 0.717) is 6.54 Å². The standard InChI is InChI=1S/C16H28N2O/c1-11-9-12(2)14(15(19-6)13(11)3)7-8-18-16(4,5)10-17/h9,18H,7-8,10,17H2,1-6H3. The van der Waals surface area contributed by atoms with Crippen molar-refractivity contribution in [2.75, 3.05) is 20.2 Å². The molecule has 19 heavy (non-hydrogen) atoms. The smallest absolute Gasteiger partial charge is 0.125 e. The first-order valence-electron chi connectivity index (χ1n) is 6.91. The number of nitrogens with one attached hydrogen (secondary N) is 1. The van der Waals surface area contributed by atoms with Crippen LogP contribution in [0.5, 0.6) is 5.75 Å². The molecule has 0 heterocycles. The number of methoxy groups -OCH3 is 1. The van der Waals surface area contributed by atoms with Crippen LogP contribution in [0.1, 0.15) is 36.1 Å². The number of benzene rings is 1. The summed E-state index contributed by atoms with van der Waals surface area (Å²) in [4.78, 5) is 0. The van der Waals surface area contributed by atoms with Gasteiger partial charge in [-0.05, 0) is 69.8 Å². The van der Waals surface area contributed by atoms with Gasteiger partial charge in [-0.3, -0.25) is 0 Å². The molecule has 0 spiro atoms. The van der Waals surface area contributed by atoms with Crippen molar-refractivity contribution < 1.29 is 4.74 Å². The van der Waals surface area contributed by atoms with E-state index in [0.717, 1.165) is 18.7 Å². The Morgan fingerprint density at radius 2 is 1.84 bits per heavy atom. The average molecular weight is 264 g/mol. The van der Waals surface area contributed by atoms with Crippen molar-refractivity contribution in [3.8, 4) is 5.75 Å². The van der Waals surface area contributed by atoms with E-state index in [1.165, 1.54) is 22.3 Å². The Hall–Kier alpha value is -1.06. The van der Waals surface area contributed by atoms with E-state index >= 15 is 0 Å². The van der Waals surface area contributed by atoms with Gasteiger partial charge in [0, 0.05) is 12.1 Å². The molecule has 0 atom stereocenters. The third-order valence-electron chi connectivity index (χ3n) is 3.81. The van der Waals surface area contributed by atoms with Gasteiger partial charge in [-0.15, -0.1) is 0 Å². The van der Waals surface area contributed by atoms with Gasteiger partial charge in [-0.25, -0.2) is 0 Å². The van der Waals surface area contributed by atoms with Gasteiger partial charge in [0.25, 0.3) is 0 Å². The van der Waals surface area contributed by atoms with E-state index in [-0.39, 0.29) is 5.54 Å². The number of rotatable bonds is 6. The summed E-state index contributed by atoms with van der Waals surface area (Å²) >= 11 is 0. The fraction of sp³-hybridized carbons (Fsp3) is 0.625. The van der Waals surface area contributed by atoms with Crippen LogP contribution in [-0.2, 0) is 6.42 Å². The third-order valence-corrected chi connectivity index (χ3v) is 3.81. The van der Waals surface area contributed by atoms with E-state index in [9.17, 15) is 0 Å². The Kier molecular flexibility index (Phi) is 5.39. The molecule has 0 bridgehead atoms. The van der Waals surface area contributed by atoms with Crippen molar-refractivity contribution in [2.24, 2.45) is 5.73 Å². The quantitative estimate of drug-likeness (QED) is 0.830. The lowest BCUT2D eigenvalue weighted by Crippen LogP contribution is -2.46. The topological polar surface area (TPSA) is 47.3 Å². The molecule has 0 aliphatic heterocycles. The fourth-order valence-corrected chi connectivity index (χ4v) is 2.29. The Balaban J connectivity index is 2.87. The Labute approximate surface area is 117 Å². The van der Waals surface area contributed by atoms with Crippen molar-refractivity contribution in [3.05, 3.63) is 28.3 Å². The zero-order chi connectivity index (χ0) is 14.6. The van der Waals surface area contributed by atoms with Crippen LogP contribution in [-0.4, -0.2) is 25.7 Å². The highest BCUT2D eigenvalue weighted by atomic mass is 16.5. The molecule has 0 radical (unpaired) electrons. The van der Waals surface area contributed by atoms with Crippen LogP contribution in [0.15, 0.2) is 6.07 Å². The van der Waals surface area contributed by atoms with Crippen LogP contribution in [0.4, 0.5) is 0 Å². The molecule has 1 aromatic rings. The Morgan fingerprint density at radius 3 is 2.37 bits per heavy atom. The highest BCUT2D eigenvalue weighted by molar-refractivity contribution is 5.49. The zero-order valence-electron chi connectivity index (χ0n) is 13.2. The SMILES string of the molecule is COc1c(C)c(C)cc(C)c1CCNC(C)(C)CN. The molecule has 0 saturated heterocycles. The molecule has 0 amide bonds. The maximum Gasteiger partial charge on any atom is 0.125 e. The molecule has 0 aliphatic carbocycles. The molecule has 0 aliphatic rings. The Bertz CT molecular complexity index is 439. The zero-order valence-corrected chi connectivity index (χ0v) is 13.2. The summed E-state index contributed by atoms with van der Waals surface area (Å²) in [5, 5.41) is 3.49. The molecule has 108 valence electrons. The van der Waals surface area contributed by atoms with Crippen molar-refractivity contribution >= 4 is 0 Å². The third kappa shape index (κ3) is 3.95. The van der Waals surface area contributed by atoms with E-state index in [2.05, 4.69) is 46.0 Å². The minimum absolute atomic E-state index is 0.0130. The van der Waals surface area contributed by atoms with E-state index in [4.69, 9.17) is 10.5 Å². The van der Waals surface area contributed by atoms with E-state index in [1.54, 1.807) is 7.11 Å². The molecular weight excluding hydrogens is 236 g/mol.